The molecule has 1 aliphatic carbocycles. The molecule has 0 aromatic heterocycles. The van der Waals surface area contributed by atoms with E-state index in [1.807, 2.05) is 6.92 Å². The van der Waals surface area contributed by atoms with Crippen LogP contribution in [0, 0.1) is 0 Å². The van der Waals surface area contributed by atoms with Gasteiger partial charge in [0, 0.05) is 44.8 Å². The van der Waals surface area contributed by atoms with Crippen LogP contribution >= 0.6 is 0 Å². The lowest BCUT2D eigenvalue weighted by atomic mass is 9.82. The lowest BCUT2D eigenvalue weighted by Crippen LogP contribution is -2.41. The van der Waals surface area contributed by atoms with Crippen LogP contribution in [-0.2, 0) is 12.8 Å². The number of ether oxygens (including phenoxy) is 3. The van der Waals surface area contributed by atoms with Crippen LogP contribution in [-0.4, -0.2) is 63.2 Å². The monoisotopic (exact) mass is 738 g/mol. The molecule has 0 saturated carbocycles. The maximum atomic E-state index is 14.0. The van der Waals surface area contributed by atoms with Crippen LogP contribution in [0.15, 0.2) is 27.3 Å². The number of nitrogens with zero attached hydrogens (tertiary/aromatic N) is 1. The molecule has 5 aromatic rings. The molecule has 290 valence electrons. The Morgan fingerprint density at radius 2 is 1.11 bits per heavy atom. The predicted octanol–water partition coefficient (Wildman–Crippen LogP) is 10.0. The first-order valence-electron chi connectivity index (χ1n) is 20.2. The van der Waals surface area contributed by atoms with E-state index in [1.54, 1.807) is 0 Å². The topological polar surface area (TPSA) is 102 Å². The summed E-state index contributed by atoms with van der Waals surface area (Å²) in [7, 11) is 9.16. The Bertz CT molecular complexity index is 2290. The Labute approximate surface area is 319 Å². The number of methoxy groups -OCH3 is 3. The molecule has 0 aliphatic heterocycles. The molecule has 0 bridgehead atoms. The van der Waals surface area contributed by atoms with Crippen LogP contribution in [0.1, 0.15) is 114 Å². The molecule has 0 radical (unpaired) electrons. The SMILES string of the molecule is CCCCCCCCCCCC[N+](C)(C)CCCCCc1c(O)c2c(=O)cc(OC)c3c4c(OC)cc(=O)c5c(O)c(OC)c6c(c(c1C=C(C)C6)c23)c54. The molecule has 0 spiro atoms. The van der Waals surface area contributed by atoms with Gasteiger partial charge in [-0.2, -0.15) is 0 Å². The molecule has 0 fully saturated rings. The maximum Gasteiger partial charge on any atom is 0.194 e. The van der Waals surface area contributed by atoms with Crippen LogP contribution < -0.4 is 25.1 Å². The third kappa shape index (κ3) is 7.26. The van der Waals surface area contributed by atoms with Crippen molar-refractivity contribution >= 4 is 49.2 Å². The summed E-state index contributed by atoms with van der Waals surface area (Å²) in [5, 5.41) is 27.8. The summed E-state index contributed by atoms with van der Waals surface area (Å²) in [6.45, 7) is 6.57. The van der Waals surface area contributed by atoms with E-state index in [2.05, 4.69) is 27.1 Å². The van der Waals surface area contributed by atoms with Gasteiger partial charge in [-0.1, -0.05) is 69.9 Å². The van der Waals surface area contributed by atoms with Crippen molar-refractivity contribution in [2.45, 2.75) is 110 Å². The van der Waals surface area contributed by atoms with Gasteiger partial charge < -0.3 is 28.9 Å². The molecular weight excluding hydrogens is 679 g/mol. The van der Waals surface area contributed by atoms with E-state index in [4.69, 9.17) is 14.2 Å². The molecule has 0 heterocycles. The average Bonchev–Trinajstić information content (AvgIpc) is 3.29. The van der Waals surface area contributed by atoms with Crippen molar-refractivity contribution in [1.82, 2.24) is 0 Å². The molecule has 5 aromatic carbocycles. The molecule has 0 amide bonds. The fourth-order valence-electron chi connectivity index (χ4n) is 9.21. The van der Waals surface area contributed by atoms with Crippen LogP contribution in [0.5, 0.6) is 28.7 Å². The van der Waals surface area contributed by atoms with Crippen LogP contribution in [0.3, 0.4) is 0 Å². The molecule has 0 unspecified atom stereocenters. The van der Waals surface area contributed by atoms with Gasteiger partial charge in [0.1, 0.15) is 17.2 Å². The fourth-order valence-corrected chi connectivity index (χ4v) is 9.21. The summed E-state index contributed by atoms with van der Waals surface area (Å²) >= 11 is 0. The lowest BCUT2D eigenvalue weighted by Gasteiger charge is -2.30. The standard InChI is InChI=1S/C46H59NO7/c1-8-9-10-11-12-13-14-15-16-19-22-47(3,4)23-20-17-18-21-29-30-24-28(2)25-31-37-36(30)42-38(44(29)50)32(48)26-34(52-5)40(42)41-35(53-6)27-33(49)39(43(37)41)45(51)46(31)54-7/h24,26-27H,8-23,25H2,1-7H3,(H-,48,49,50,51)/p+1. The van der Waals surface area contributed by atoms with Crippen LogP contribution in [0.2, 0.25) is 0 Å². The first-order valence-corrected chi connectivity index (χ1v) is 20.2. The van der Waals surface area contributed by atoms with Gasteiger partial charge in [0.25, 0.3) is 0 Å². The smallest absolute Gasteiger partial charge is 0.194 e. The number of benzene rings is 5. The minimum atomic E-state index is -0.396. The van der Waals surface area contributed by atoms with E-state index in [9.17, 15) is 19.8 Å². The van der Waals surface area contributed by atoms with Gasteiger partial charge in [-0.25, -0.2) is 0 Å². The molecule has 0 atom stereocenters. The van der Waals surface area contributed by atoms with Gasteiger partial charge in [-0.15, -0.1) is 0 Å². The molecule has 8 heteroatoms. The zero-order valence-corrected chi connectivity index (χ0v) is 33.6. The predicted molar refractivity (Wildman–Crippen MR) is 223 cm³/mol. The van der Waals surface area contributed by atoms with Gasteiger partial charge in [0.05, 0.1) is 59.3 Å². The zero-order chi connectivity index (χ0) is 38.7. The van der Waals surface area contributed by atoms with Crippen LogP contribution in [0.25, 0.3) is 49.2 Å². The third-order valence-corrected chi connectivity index (χ3v) is 12.0. The second kappa shape index (κ2) is 16.6. The Morgan fingerprint density at radius 3 is 1.65 bits per heavy atom. The summed E-state index contributed by atoms with van der Waals surface area (Å²) in [6.07, 6.45) is 19.5. The van der Waals surface area contributed by atoms with Gasteiger partial charge in [-0.05, 0) is 68.2 Å². The average molecular weight is 739 g/mol. The maximum absolute atomic E-state index is 14.0. The highest BCUT2D eigenvalue weighted by molar-refractivity contribution is 6.39. The summed E-state index contributed by atoms with van der Waals surface area (Å²) in [4.78, 5) is 27.7. The number of hydrogen-bond donors (Lipinski definition) is 2. The number of allylic oxidation sites excluding steroid dienone is 1. The molecular formula is C46H60NO7+. The summed E-state index contributed by atoms with van der Waals surface area (Å²) < 4.78 is 18.5. The van der Waals surface area contributed by atoms with E-state index < -0.39 is 5.43 Å². The molecule has 0 saturated heterocycles. The summed E-state index contributed by atoms with van der Waals surface area (Å²) in [6, 6.07) is 2.77. The molecule has 6 rings (SSSR count). The largest absolute Gasteiger partial charge is 0.507 e. The normalized spacial score (nSPS) is 13.1. The molecule has 8 nitrogen and oxygen atoms in total. The van der Waals surface area contributed by atoms with E-state index in [1.165, 1.54) is 104 Å². The van der Waals surface area contributed by atoms with E-state index in [-0.39, 0.29) is 33.4 Å². The molecule has 54 heavy (non-hydrogen) atoms. The third-order valence-electron chi connectivity index (χ3n) is 12.0. The van der Waals surface area contributed by atoms with Crippen LogP contribution in [0.4, 0.5) is 0 Å². The summed E-state index contributed by atoms with van der Waals surface area (Å²) in [5.41, 5.74) is 2.55. The number of aromatic hydroxyl groups is 2. The van der Waals surface area contributed by atoms with Crippen molar-refractivity contribution in [3.63, 3.8) is 0 Å². The lowest BCUT2D eigenvalue weighted by molar-refractivity contribution is -0.890. The highest BCUT2D eigenvalue weighted by atomic mass is 16.5. The first-order chi connectivity index (χ1) is 26.0. The number of unbranched alkanes of at least 4 members (excludes halogenated alkanes) is 11. The fraction of sp³-hybridized carbons (Fsp3) is 0.522. The Hall–Kier alpha value is -4.30. The number of fused-ring (bicyclic) bond motifs is 1. The van der Waals surface area contributed by atoms with Gasteiger partial charge >= 0.3 is 0 Å². The van der Waals surface area contributed by atoms with Crippen molar-refractivity contribution in [2.75, 3.05) is 48.5 Å². The molecule has 1 aliphatic rings. The number of rotatable bonds is 20. The van der Waals surface area contributed by atoms with E-state index in [0.29, 0.717) is 45.9 Å². The van der Waals surface area contributed by atoms with E-state index in [0.717, 1.165) is 63.3 Å². The van der Waals surface area contributed by atoms with E-state index >= 15 is 0 Å². The highest BCUT2D eigenvalue weighted by Gasteiger charge is 2.33. The van der Waals surface area contributed by atoms with Crippen molar-refractivity contribution in [3.05, 3.63) is 54.8 Å². The van der Waals surface area contributed by atoms with Crippen molar-refractivity contribution in [2.24, 2.45) is 0 Å². The van der Waals surface area contributed by atoms with Gasteiger partial charge in [-0.3, -0.25) is 9.59 Å². The summed E-state index contributed by atoms with van der Waals surface area (Å²) in [5.74, 6) is 0.625. The first kappa shape index (κ1) is 39.4. The Kier molecular flexibility index (Phi) is 12.1. The number of quaternary nitrogens is 1. The second-order valence-corrected chi connectivity index (χ2v) is 16.3. The molecule has 2 N–H and O–H groups in total. The number of phenols is 2. The highest BCUT2D eigenvalue weighted by Crippen LogP contribution is 2.55. The Balaban J connectivity index is 1.32. The second-order valence-electron chi connectivity index (χ2n) is 16.3. The number of phenolic OH excluding ortho intramolecular Hbond substituents is 2. The number of hydrogen-bond acceptors (Lipinski definition) is 7. The minimum absolute atomic E-state index is 0.00734. The Morgan fingerprint density at radius 1 is 0.611 bits per heavy atom. The van der Waals surface area contributed by atoms with Crippen molar-refractivity contribution in [3.8, 4) is 28.7 Å². The zero-order valence-electron chi connectivity index (χ0n) is 33.6. The van der Waals surface area contributed by atoms with Crippen molar-refractivity contribution in [1.29, 1.82) is 0 Å². The van der Waals surface area contributed by atoms with Crippen molar-refractivity contribution < 1.29 is 28.9 Å². The van der Waals surface area contributed by atoms with Gasteiger partial charge in [0.2, 0.25) is 0 Å². The minimum Gasteiger partial charge on any atom is -0.507 e. The van der Waals surface area contributed by atoms with Gasteiger partial charge in [0.15, 0.2) is 22.4 Å². The quantitative estimate of drug-likeness (QED) is 0.0355.